The third-order valence-electron chi connectivity index (χ3n) is 4.23. The van der Waals surface area contributed by atoms with Crippen LogP contribution in [0.5, 0.6) is 0 Å². The Balaban J connectivity index is 1.62. The molecule has 3 aromatic rings. The lowest BCUT2D eigenvalue weighted by Gasteiger charge is -2.11. The first-order valence-corrected chi connectivity index (χ1v) is 9.62. The molecule has 7 heteroatoms. The second-order valence-corrected chi connectivity index (χ2v) is 6.95. The number of aromatic nitrogens is 1. The lowest BCUT2D eigenvalue weighted by molar-refractivity contribution is 0.626. The molecule has 0 aliphatic rings. The Labute approximate surface area is 174 Å². The van der Waals surface area contributed by atoms with E-state index >= 15 is 0 Å². The number of nitrogens with zero attached hydrogens (tertiary/aromatic N) is 2. The fourth-order valence-corrected chi connectivity index (χ4v) is 3.17. The van der Waals surface area contributed by atoms with E-state index < -0.39 is 0 Å². The van der Waals surface area contributed by atoms with E-state index in [4.69, 9.17) is 23.8 Å². The number of hydrogen-bond donors (Lipinski definition) is 2. The standard InChI is InChI=1S/C21H20ClFN4S/c1-2-15-6-3-4-8-20(15)25-21(28)26-24-13-18-7-5-11-27(18)14-16-9-10-17(23)12-19(16)22/h3-13H,2,14H2,1H3,(H2,25,26,28). The summed E-state index contributed by atoms with van der Waals surface area (Å²) in [6, 6.07) is 16.2. The molecule has 28 heavy (non-hydrogen) atoms. The molecule has 0 aliphatic heterocycles. The van der Waals surface area contributed by atoms with E-state index in [1.54, 1.807) is 12.3 Å². The van der Waals surface area contributed by atoms with Gasteiger partial charge >= 0.3 is 0 Å². The number of halogens is 2. The number of hydrazone groups is 1. The highest BCUT2D eigenvalue weighted by Gasteiger charge is 2.05. The lowest BCUT2D eigenvalue weighted by atomic mass is 10.1. The molecule has 144 valence electrons. The van der Waals surface area contributed by atoms with Gasteiger partial charge in [0.2, 0.25) is 0 Å². The molecule has 3 rings (SSSR count). The first-order valence-electron chi connectivity index (χ1n) is 8.84. The Hall–Kier alpha value is -2.70. The summed E-state index contributed by atoms with van der Waals surface area (Å²) in [4.78, 5) is 0. The number of thiocarbonyl (C=S) groups is 1. The summed E-state index contributed by atoms with van der Waals surface area (Å²) in [7, 11) is 0. The van der Waals surface area contributed by atoms with Gasteiger partial charge in [-0.05, 0) is 60.1 Å². The van der Waals surface area contributed by atoms with Crippen LogP contribution in [0.3, 0.4) is 0 Å². The van der Waals surface area contributed by atoms with Gasteiger partial charge in [0.05, 0.1) is 11.9 Å². The summed E-state index contributed by atoms with van der Waals surface area (Å²) in [5.41, 5.74) is 6.67. The van der Waals surface area contributed by atoms with Crippen LogP contribution in [0.25, 0.3) is 0 Å². The molecule has 0 bridgehead atoms. The van der Waals surface area contributed by atoms with E-state index in [1.807, 2.05) is 41.1 Å². The maximum Gasteiger partial charge on any atom is 0.191 e. The van der Waals surface area contributed by atoms with Crippen molar-refractivity contribution in [2.45, 2.75) is 19.9 Å². The summed E-state index contributed by atoms with van der Waals surface area (Å²) >= 11 is 11.4. The highest BCUT2D eigenvalue weighted by atomic mass is 35.5. The largest absolute Gasteiger partial charge is 0.342 e. The minimum absolute atomic E-state index is 0.349. The fourth-order valence-electron chi connectivity index (χ4n) is 2.78. The molecule has 0 fully saturated rings. The van der Waals surface area contributed by atoms with Crippen molar-refractivity contribution in [3.05, 3.63) is 88.5 Å². The Kier molecular flexibility index (Phi) is 6.79. The van der Waals surface area contributed by atoms with Crippen LogP contribution in [-0.2, 0) is 13.0 Å². The smallest absolute Gasteiger partial charge is 0.191 e. The third kappa shape index (κ3) is 5.18. The van der Waals surface area contributed by atoms with Gasteiger partial charge in [0.25, 0.3) is 0 Å². The molecule has 1 aromatic heterocycles. The molecular weight excluding hydrogens is 395 g/mol. The number of para-hydroxylation sites is 1. The normalized spacial score (nSPS) is 11.0. The van der Waals surface area contributed by atoms with Crippen molar-refractivity contribution in [2.75, 3.05) is 5.32 Å². The summed E-state index contributed by atoms with van der Waals surface area (Å²) < 4.78 is 15.2. The number of benzene rings is 2. The molecule has 0 aliphatic carbocycles. The van der Waals surface area contributed by atoms with Gasteiger partial charge in [0.15, 0.2) is 5.11 Å². The molecule has 0 saturated carbocycles. The van der Waals surface area contributed by atoms with E-state index in [0.29, 0.717) is 16.7 Å². The average Bonchev–Trinajstić information content (AvgIpc) is 3.11. The monoisotopic (exact) mass is 414 g/mol. The van der Waals surface area contributed by atoms with Crippen molar-refractivity contribution in [1.29, 1.82) is 0 Å². The zero-order valence-electron chi connectivity index (χ0n) is 15.3. The molecular formula is C21H20ClFN4S. The quantitative estimate of drug-likeness (QED) is 0.330. The highest BCUT2D eigenvalue weighted by Crippen LogP contribution is 2.19. The van der Waals surface area contributed by atoms with Crippen LogP contribution in [-0.4, -0.2) is 15.9 Å². The van der Waals surface area contributed by atoms with Gasteiger partial charge in [-0.15, -0.1) is 0 Å². The number of hydrogen-bond acceptors (Lipinski definition) is 2. The molecule has 1 heterocycles. The van der Waals surface area contributed by atoms with Crippen LogP contribution in [0.2, 0.25) is 5.02 Å². The Morgan fingerprint density at radius 3 is 2.79 bits per heavy atom. The van der Waals surface area contributed by atoms with Crippen LogP contribution < -0.4 is 10.7 Å². The lowest BCUT2D eigenvalue weighted by Crippen LogP contribution is -2.24. The number of anilines is 1. The second-order valence-electron chi connectivity index (χ2n) is 6.13. The number of rotatable bonds is 6. The van der Waals surface area contributed by atoms with Gasteiger partial charge < -0.3 is 9.88 Å². The summed E-state index contributed by atoms with van der Waals surface area (Å²) in [5.74, 6) is -0.349. The second kappa shape index (κ2) is 9.48. The summed E-state index contributed by atoms with van der Waals surface area (Å²) in [6.45, 7) is 2.61. The molecule has 0 spiro atoms. The maximum atomic E-state index is 13.2. The molecule has 2 aromatic carbocycles. The third-order valence-corrected chi connectivity index (χ3v) is 4.78. The van der Waals surface area contributed by atoms with Crippen molar-refractivity contribution in [3.8, 4) is 0 Å². The zero-order valence-corrected chi connectivity index (χ0v) is 16.9. The van der Waals surface area contributed by atoms with E-state index in [2.05, 4.69) is 28.8 Å². The predicted molar refractivity (Wildman–Crippen MR) is 118 cm³/mol. The number of nitrogens with one attached hydrogen (secondary N) is 2. The SMILES string of the molecule is CCc1ccccc1NC(=S)NN=Cc1cccn1Cc1ccc(F)cc1Cl. The summed E-state index contributed by atoms with van der Waals surface area (Å²) in [6.07, 6.45) is 4.50. The van der Waals surface area contributed by atoms with Crippen LogP contribution in [0.15, 0.2) is 65.9 Å². The molecule has 2 N–H and O–H groups in total. The maximum absolute atomic E-state index is 13.2. The topological polar surface area (TPSA) is 41.4 Å². The van der Waals surface area contributed by atoms with Crippen molar-refractivity contribution in [3.63, 3.8) is 0 Å². The first-order chi connectivity index (χ1) is 13.6. The minimum Gasteiger partial charge on any atom is -0.342 e. The first kappa shape index (κ1) is 20.0. The Bertz CT molecular complexity index is 1000. The van der Waals surface area contributed by atoms with Crippen LogP contribution >= 0.6 is 23.8 Å². The molecule has 0 radical (unpaired) electrons. The molecule has 0 unspecified atom stereocenters. The molecule has 0 saturated heterocycles. The Morgan fingerprint density at radius 1 is 1.18 bits per heavy atom. The van der Waals surface area contributed by atoms with Gasteiger partial charge in [-0.2, -0.15) is 5.10 Å². The van der Waals surface area contributed by atoms with Gasteiger partial charge in [-0.25, -0.2) is 4.39 Å². The predicted octanol–water partition coefficient (Wildman–Crippen LogP) is 5.21. The Morgan fingerprint density at radius 2 is 2.00 bits per heavy atom. The van der Waals surface area contributed by atoms with Crippen molar-refractivity contribution in [1.82, 2.24) is 9.99 Å². The van der Waals surface area contributed by atoms with Gasteiger partial charge in [0.1, 0.15) is 5.82 Å². The van der Waals surface area contributed by atoms with E-state index in [-0.39, 0.29) is 5.82 Å². The van der Waals surface area contributed by atoms with Crippen molar-refractivity contribution in [2.24, 2.45) is 5.10 Å². The summed E-state index contributed by atoms with van der Waals surface area (Å²) in [5, 5.41) is 8.18. The van der Waals surface area contributed by atoms with Crippen LogP contribution in [0.1, 0.15) is 23.7 Å². The van der Waals surface area contributed by atoms with Gasteiger partial charge in [-0.1, -0.05) is 42.8 Å². The average molecular weight is 415 g/mol. The molecule has 0 atom stereocenters. The highest BCUT2D eigenvalue weighted by molar-refractivity contribution is 7.80. The number of aryl methyl sites for hydroxylation is 1. The van der Waals surface area contributed by atoms with Gasteiger partial charge in [-0.3, -0.25) is 5.43 Å². The molecule has 4 nitrogen and oxygen atoms in total. The van der Waals surface area contributed by atoms with Crippen LogP contribution in [0, 0.1) is 5.82 Å². The van der Waals surface area contributed by atoms with E-state index in [9.17, 15) is 4.39 Å². The van der Waals surface area contributed by atoms with E-state index in [0.717, 1.165) is 23.4 Å². The molecule has 0 amide bonds. The minimum atomic E-state index is -0.349. The van der Waals surface area contributed by atoms with Crippen LogP contribution in [0.4, 0.5) is 10.1 Å². The van der Waals surface area contributed by atoms with Crippen molar-refractivity contribution >= 4 is 40.8 Å². The zero-order chi connectivity index (χ0) is 19.9. The van der Waals surface area contributed by atoms with Crippen molar-refractivity contribution < 1.29 is 4.39 Å². The van der Waals surface area contributed by atoms with Gasteiger partial charge in [0, 0.05) is 23.5 Å². The fraction of sp³-hybridized carbons (Fsp3) is 0.143. The van der Waals surface area contributed by atoms with E-state index in [1.165, 1.54) is 17.7 Å².